The monoisotopic (exact) mass is 293 g/mol. The summed E-state index contributed by atoms with van der Waals surface area (Å²) in [4.78, 5) is 10.9. The molecule has 0 bridgehead atoms. The van der Waals surface area contributed by atoms with Gasteiger partial charge in [0.2, 0.25) is 5.76 Å². The van der Waals surface area contributed by atoms with Crippen LogP contribution < -0.4 is 0 Å². The van der Waals surface area contributed by atoms with Crippen LogP contribution in [0.25, 0.3) is 22.4 Å². The molecular formula is C18H15NO3. The van der Waals surface area contributed by atoms with E-state index in [9.17, 15) is 4.79 Å². The van der Waals surface area contributed by atoms with Crippen molar-refractivity contribution in [3.8, 4) is 22.4 Å². The van der Waals surface area contributed by atoms with Gasteiger partial charge in [0, 0.05) is 11.6 Å². The lowest BCUT2D eigenvalue weighted by Crippen LogP contribution is -1.92. The fourth-order valence-electron chi connectivity index (χ4n) is 2.44. The maximum Gasteiger partial charge on any atom is 0.374 e. The van der Waals surface area contributed by atoms with Gasteiger partial charge in [0.1, 0.15) is 5.69 Å². The van der Waals surface area contributed by atoms with Crippen molar-refractivity contribution in [3.05, 3.63) is 65.9 Å². The first-order valence-electron chi connectivity index (χ1n) is 7.07. The van der Waals surface area contributed by atoms with Gasteiger partial charge < -0.3 is 9.63 Å². The molecule has 0 saturated carbocycles. The quantitative estimate of drug-likeness (QED) is 0.780. The van der Waals surface area contributed by atoms with Crippen LogP contribution in [0.4, 0.5) is 0 Å². The molecule has 0 unspecified atom stereocenters. The van der Waals surface area contributed by atoms with E-state index in [-0.39, 0.29) is 5.76 Å². The second-order valence-electron chi connectivity index (χ2n) is 4.97. The highest BCUT2D eigenvalue weighted by atomic mass is 16.5. The molecule has 0 aliphatic heterocycles. The predicted molar refractivity (Wildman–Crippen MR) is 83.7 cm³/mol. The molecule has 0 radical (unpaired) electrons. The second kappa shape index (κ2) is 5.85. The molecule has 4 heteroatoms. The Kier molecular flexibility index (Phi) is 3.74. The minimum Gasteiger partial charge on any atom is -0.475 e. The topological polar surface area (TPSA) is 63.3 Å². The average Bonchev–Trinajstić information content (AvgIpc) is 3.05. The first kappa shape index (κ1) is 14.1. The van der Waals surface area contributed by atoms with Crippen molar-refractivity contribution < 1.29 is 14.4 Å². The predicted octanol–water partition coefficient (Wildman–Crippen LogP) is 4.27. The zero-order chi connectivity index (χ0) is 15.5. The number of hydrogen-bond donors (Lipinski definition) is 1. The number of carboxylic acids is 1. The highest BCUT2D eigenvalue weighted by molar-refractivity contribution is 5.86. The maximum atomic E-state index is 10.9. The van der Waals surface area contributed by atoms with Gasteiger partial charge >= 0.3 is 5.97 Å². The van der Waals surface area contributed by atoms with Gasteiger partial charge in [-0.1, -0.05) is 54.5 Å². The summed E-state index contributed by atoms with van der Waals surface area (Å²) in [6, 6.07) is 17.6. The highest BCUT2D eigenvalue weighted by Gasteiger charge is 2.14. The van der Waals surface area contributed by atoms with Crippen molar-refractivity contribution in [3.63, 3.8) is 0 Å². The van der Waals surface area contributed by atoms with E-state index >= 15 is 0 Å². The molecule has 0 saturated heterocycles. The molecule has 1 N–H and O–H groups in total. The lowest BCUT2D eigenvalue weighted by Gasteiger charge is -2.10. The minimum absolute atomic E-state index is 0.157. The third-order valence-electron chi connectivity index (χ3n) is 3.59. The normalized spacial score (nSPS) is 10.6. The van der Waals surface area contributed by atoms with Crippen molar-refractivity contribution in [1.82, 2.24) is 5.16 Å². The standard InChI is InChI=1S/C18H15NO3/c1-2-12-8-9-14(16-11-17(18(20)21)22-19-16)10-15(12)13-6-4-3-5-7-13/h3-11H,2H2,1H3,(H,20,21). The molecule has 0 spiro atoms. The molecule has 2 aromatic carbocycles. The van der Waals surface area contributed by atoms with Crippen molar-refractivity contribution in [2.75, 3.05) is 0 Å². The Morgan fingerprint density at radius 2 is 1.86 bits per heavy atom. The van der Waals surface area contributed by atoms with Crippen LogP contribution in [0.1, 0.15) is 23.0 Å². The van der Waals surface area contributed by atoms with Crippen LogP contribution in [0, 0.1) is 0 Å². The van der Waals surface area contributed by atoms with Crippen molar-refractivity contribution >= 4 is 5.97 Å². The van der Waals surface area contributed by atoms with Crippen molar-refractivity contribution in [1.29, 1.82) is 0 Å². The molecule has 4 nitrogen and oxygen atoms in total. The van der Waals surface area contributed by atoms with Crippen LogP contribution in [-0.2, 0) is 6.42 Å². The number of aromatic nitrogens is 1. The Labute approximate surface area is 128 Å². The Bertz CT molecular complexity index is 806. The molecular weight excluding hydrogens is 278 g/mol. The van der Waals surface area contributed by atoms with Gasteiger partial charge in [0.15, 0.2) is 0 Å². The number of aromatic carboxylic acids is 1. The first-order chi connectivity index (χ1) is 10.7. The van der Waals surface area contributed by atoms with E-state index < -0.39 is 5.97 Å². The van der Waals surface area contributed by atoms with Crippen LogP contribution in [0.3, 0.4) is 0 Å². The number of hydrogen-bond acceptors (Lipinski definition) is 3. The molecule has 0 aliphatic rings. The molecule has 0 aliphatic carbocycles. The zero-order valence-corrected chi connectivity index (χ0v) is 12.1. The fraction of sp³-hybridized carbons (Fsp3) is 0.111. The average molecular weight is 293 g/mol. The molecule has 110 valence electrons. The van der Waals surface area contributed by atoms with Gasteiger partial charge in [0.25, 0.3) is 0 Å². The number of aryl methyl sites for hydroxylation is 1. The third-order valence-corrected chi connectivity index (χ3v) is 3.59. The van der Waals surface area contributed by atoms with Crippen molar-refractivity contribution in [2.24, 2.45) is 0 Å². The molecule has 1 heterocycles. The van der Waals surface area contributed by atoms with E-state index in [1.807, 2.05) is 36.4 Å². The maximum absolute atomic E-state index is 10.9. The number of benzene rings is 2. The van der Waals surface area contributed by atoms with Gasteiger partial charge in [-0.3, -0.25) is 0 Å². The summed E-state index contributed by atoms with van der Waals surface area (Å²) < 4.78 is 4.83. The second-order valence-corrected chi connectivity index (χ2v) is 4.97. The van der Waals surface area contributed by atoms with E-state index in [2.05, 4.69) is 24.2 Å². The lowest BCUT2D eigenvalue weighted by molar-refractivity contribution is 0.0652. The van der Waals surface area contributed by atoms with E-state index in [0.29, 0.717) is 5.69 Å². The van der Waals surface area contributed by atoms with Crippen LogP contribution in [0.2, 0.25) is 0 Å². The minimum atomic E-state index is -1.12. The van der Waals surface area contributed by atoms with Crippen molar-refractivity contribution in [2.45, 2.75) is 13.3 Å². The number of carboxylic acid groups (broad SMARTS) is 1. The Morgan fingerprint density at radius 1 is 1.09 bits per heavy atom. The molecule has 3 rings (SSSR count). The summed E-state index contributed by atoms with van der Waals surface area (Å²) in [5.74, 6) is -1.27. The van der Waals surface area contributed by atoms with Gasteiger partial charge in [0.05, 0.1) is 0 Å². The summed E-state index contributed by atoms with van der Waals surface area (Å²) in [7, 11) is 0. The Balaban J connectivity index is 2.08. The molecule has 1 aromatic heterocycles. The van der Waals surface area contributed by atoms with Crippen LogP contribution in [-0.4, -0.2) is 16.2 Å². The van der Waals surface area contributed by atoms with E-state index in [1.54, 1.807) is 0 Å². The van der Waals surface area contributed by atoms with Gasteiger partial charge in [-0.15, -0.1) is 0 Å². The van der Waals surface area contributed by atoms with E-state index in [4.69, 9.17) is 9.63 Å². The van der Waals surface area contributed by atoms with Crippen LogP contribution >= 0.6 is 0 Å². The van der Waals surface area contributed by atoms with Gasteiger partial charge in [-0.05, 0) is 29.2 Å². The van der Waals surface area contributed by atoms with Gasteiger partial charge in [-0.2, -0.15) is 0 Å². The Morgan fingerprint density at radius 3 is 2.50 bits per heavy atom. The molecule has 0 amide bonds. The summed E-state index contributed by atoms with van der Waals surface area (Å²) >= 11 is 0. The Hall–Kier alpha value is -2.88. The SMILES string of the molecule is CCc1ccc(-c2cc(C(=O)O)on2)cc1-c1ccccc1. The van der Waals surface area contributed by atoms with E-state index in [0.717, 1.165) is 23.1 Å². The summed E-state index contributed by atoms with van der Waals surface area (Å²) in [5.41, 5.74) is 4.85. The van der Waals surface area contributed by atoms with Crippen LogP contribution in [0.15, 0.2) is 59.1 Å². The number of nitrogens with zero attached hydrogens (tertiary/aromatic N) is 1. The number of rotatable bonds is 4. The summed E-state index contributed by atoms with van der Waals surface area (Å²) in [6.07, 6.45) is 0.920. The van der Waals surface area contributed by atoms with Crippen LogP contribution in [0.5, 0.6) is 0 Å². The van der Waals surface area contributed by atoms with Gasteiger partial charge in [-0.25, -0.2) is 4.79 Å². The summed E-state index contributed by atoms with van der Waals surface area (Å²) in [6.45, 7) is 2.11. The third kappa shape index (κ3) is 2.63. The highest BCUT2D eigenvalue weighted by Crippen LogP contribution is 2.29. The largest absolute Gasteiger partial charge is 0.475 e. The molecule has 22 heavy (non-hydrogen) atoms. The lowest BCUT2D eigenvalue weighted by atomic mass is 9.95. The fourth-order valence-corrected chi connectivity index (χ4v) is 2.44. The molecule has 0 atom stereocenters. The number of carbonyl (C=O) groups is 1. The molecule has 0 fully saturated rings. The smallest absolute Gasteiger partial charge is 0.374 e. The zero-order valence-electron chi connectivity index (χ0n) is 12.1. The van der Waals surface area contributed by atoms with E-state index in [1.165, 1.54) is 11.6 Å². The first-order valence-corrected chi connectivity index (χ1v) is 7.07. The summed E-state index contributed by atoms with van der Waals surface area (Å²) in [5, 5.41) is 12.8. The molecule has 3 aromatic rings.